The fourth-order valence-electron chi connectivity index (χ4n) is 3.07. The van der Waals surface area contributed by atoms with Gasteiger partial charge in [0.1, 0.15) is 5.82 Å². The second-order valence-electron chi connectivity index (χ2n) is 5.40. The third kappa shape index (κ3) is 2.63. The second-order valence-corrected chi connectivity index (χ2v) is 5.40. The fourth-order valence-corrected chi connectivity index (χ4v) is 3.07. The maximum absolute atomic E-state index is 5.80. The molecule has 2 aromatic heterocycles. The van der Waals surface area contributed by atoms with E-state index in [1.807, 2.05) is 17.9 Å². The van der Waals surface area contributed by atoms with Crippen LogP contribution in [0.5, 0.6) is 0 Å². The van der Waals surface area contributed by atoms with E-state index >= 15 is 0 Å². The highest BCUT2D eigenvalue weighted by Crippen LogP contribution is 2.23. The lowest BCUT2D eigenvalue weighted by Gasteiger charge is -2.11. The predicted octanol–water partition coefficient (Wildman–Crippen LogP) is 2.02. The number of nitrogens with one attached hydrogen (secondary N) is 1. The Morgan fingerprint density at radius 3 is 3.05 bits per heavy atom. The molecule has 1 N–H and O–H groups in total. The lowest BCUT2D eigenvalue weighted by Crippen LogP contribution is -2.12. The average Bonchev–Trinajstić information content (AvgIpc) is 3.14. The Bertz CT molecular complexity index is 553. The first-order valence-corrected chi connectivity index (χ1v) is 7.41. The van der Waals surface area contributed by atoms with E-state index in [2.05, 4.69) is 16.9 Å². The van der Waals surface area contributed by atoms with E-state index in [9.17, 15) is 0 Å². The molecule has 0 spiro atoms. The van der Waals surface area contributed by atoms with E-state index in [1.165, 1.54) is 17.7 Å². The Labute approximate surface area is 119 Å². The molecule has 0 aromatic carbocycles. The number of hydrogen-bond donors (Lipinski definition) is 1. The molecular weight excluding hydrogens is 252 g/mol. The minimum atomic E-state index is 0.361. The minimum Gasteiger partial charge on any atom is -0.378 e. The number of nitrogens with zero attached hydrogens (tertiary/aromatic N) is 3. The molecule has 3 heterocycles. The molecule has 1 saturated heterocycles. The molecule has 108 valence electrons. The highest BCUT2D eigenvalue weighted by molar-refractivity contribution is 5.29. The van der Waals surface area contributed by atoms with Crippen LogP contribution in [0.2, 0.25) is 0 Å². The minimum absolute atomic E-state index is 0.361. The van der Waals surface area contributed by atoms with Gasteiger partial charge in [0.15, 0.2) is 0 Å². The first kappa shape index (κ1) is 13.4. The molecule has 0 bridgehead atoms. The summed E-state index contributed by atoms with van der Waals surface area (Å²) in [5, 5.41) is 4.70. The van der Waals surface area contributed by atoms with Gasteiger partial charge in [0.2, 0.25) is 0 Å². The van der Waals surface area contributed by atoms with Crippen LogP contribution in [0.1, 0.15) is 42.5 Å². The summed E-state index contributed by atoms with van der Waals surface area (Å²) < 4.78 is 7.81. The van der Waals surface area contributed by atoms with Crippen LogP contribution in [-0.2, 0) is 31.0 Å². The van der Waals surface area contributed by atoms with Crippen molar-refractivity contribution >= 4 is 0 Å². The van der Waals surface area contributed by atoms with Gasteiger partial charge in [-0.2, -0.15) is 5.10 Å². The van der Waals surface area contributed by atoms with Gasteiger partial charge in [0.25, 0.3) is 0 Å². The Hall–Kier alpha value is -1.62. The molecule has 1 unspecified atom stereocenters. The van der Waals surface area contributed by atoms with E-state index in [1.54, 1.807) is 6.20 Å². The van der Waals surface area contributed by atoms with Crippen molar-refractivity contribution in [2.75, 3.05) is 6.61 Å². The summed E-state index contributed by atoms with van der Waals surface area (Å²) in [4.78, 5) is 7.47. The summed E-state index contributed by atoms with van der Waals surface area (Å²) in [6.07, 6.45) is 9.11. The van der Waals surface area contributed by atoms with E-state index in [0.717, 1.165) is 43.8 Å². The molecule has 5 heteroatoms. The number of aromatic amines is 1. The zero-order chi connectivity index (χ0) is 13.9. The molecule has 0 aliphatic carbocycles. The molecule has 0 radical (unpaired) electrons. The molecule has 1 atom stereocenters. The standard InChI is InChI=1S/C15H22N4O/c1-3-14-12(9-11-5-4-8-20-11)13(18-19(14)2)10-15-16-6-7-17-15/h6-7,11H,3-5,8-10H2,1-2H3,(H,16,17). The van der Waals surface area contributed by atoms with Gasteiger partial charge >= 0.3 is 0 Å². The second kappa shape index (κ2) is 5.79. The van der Waals surface area contributed by atoms with Crippen LogP contribution in [-0.4, -0.2) is 32.5 Å². The van der Waals surface area contributed by atoms with Gasteiger partial charge in [-0.15, -0.1) is 0 Å². The summed E-state index contributed by atoms with van der Waals surface area (Å²) >= 11 is 0. The third-order valence-electron chi connectivity index (χ3n) is 4.04. The molecule has 0 saturated carbocycles. The van der Waals surface area contributed by atoms with Gasteiger partial charge in [-0.05, 0) is 24.8 Å². The fraction of sp³-hybridized carbons (Fsp3) is 0.600. The molecule has 3 rings (SSSR count). The number of aryl methyl sites for hydroxylation is 1. The van der Waals surface area contributed by atoms with Crippen molar-refractivity contribution in [3.05, 3.63) is 35.2 Å². The van der Waals surface area contributed by atoms with E-state index < -0.39 is 0 Å². The number of aromatic nitrogens is 4. The maximum atomic E-state index is 5.80. The van der Waals surface area contributed by atoms with Gasteiger partial charge in [-0.3, -0.25) is 4.68 Å². The SMILES string of the molecule is CCc1c(CC2CCCO2)c(Cc2ncc[nH]2)nn1C. The largest absolute Gasteiger partial charge is 0.378 e. The number of ether oxygens (including phenoxy) is 1. The smallest absolute Gasteiger partial charge is 0.112 e. The van der Waals surface area contributed by atoms with Crippen LogP contribution in [0, 0.1) is 0 Å². The lowest BCUT2D eigenvalue weighted by atomic mass is 10.0. The molecule has 1 aliphatic rings. The topological polar surface area (TPSA) is 55.7 Å². The highest BCUT2D eigenvalue weighted by atomic mass is 16.5. The van der Waals surface area contributed by atoms with Gasteiger partial charge in [0, 0.05) is 38.2 Å². The van der Waals surface area contributed by atoms with E-state index in [4.69, 9.17) is 9.84 Å². The van der Waals surface area contributed by atoms with E-state index in [0.29, 0.717) is 6.10 Å². The van der Waals surface area contributed by atoms with Crippen molar-refractivity contribution in [3.63, 3.8) is 0 Å². The first-order valence-electron chi connectivity index (χ1n) is 7.41. The van der Waals surface area contributed by atoms with Gasteiger partial charge in [-0.1, -0.05) is 6.92 Å². The van der Waals surface area contributed by atoms with Gasteiger partial charge in [-0.25, -0.2) is 4.98 Å². The summed E-state index contributed by atoms with van der Waals surface area (Å²) in [5.41, 5.74) is 3.81. The van der Waals surface area contributed by atoms with Crippen molar-refractivity contribution in [2.45, 2.75) is 45.1 Å². The number of hydrogen-bond acceptors (Lipinski definition) is 3. The van der Waals surface area contributed by atoms with Crippen molar-refractivity contribution < 1.29 is 4.74 Å². The summed E-state index contributed by atoms with van der Waals surface area (Å²) in [5.74, 6) is 0.972. The molecular formula is C15H22N4O. The lowest BCUT2D eigenvalue weighted by molar-refractivity contribution is 0.111. The number of rotatable bonds is 5. The molecule has 2 aromatic rings. The average molecular weight is 274 g/mol. The number of imidazole rings is 1. The monoisotopic (exact) mass is 274 g/mol. The Morgan fingerprint density at radius 1 is 1.50 bits per heavy atom. The maximum Gasteiger partial charge on any atom is 0.112 e. The van der Waals surface area contributed by atoms with Crippen molar-refractivity contribution in [1.82, 2.24) is 19.7 Å². The van der Waals surface area contributed by atoms with Gasteiger partial charge in [0.05, 0.1) is 18.2 Å². The quantitative estimate of drug-likeness (QED) is 0.907. The molecule has 0 amide bonds. The number of H-pyrrole nitrogens is 1. The Kier molecular flexibility index (Phi) is 3.87. The van der Waals surface area contributed by atoms with Crippen LogP contribution in [0.3, 0.4) is 0 Å². The molecule has 20 heavy (non-hydrogen) atoms. The van der Waals surface area contributed by atoms with Crippen LogP contribution < -0.4 is 0 Å². The molecule has 5 nitrogen and oxygen atoms in total. The predicted molar refractivity (Wildman–Crippen MR) is 76.7 cm³/mol. The normalized spacial score (nSPS) is 18.8. The Balaban J connectivity index is 1.87. The van der Waals surface area contributed by atoms with Crippen molar-refractivity contribution in [1.29, 1.82) is 0 Å². The summed E-state index contributed by atoms with van der Waals surface area (Å²) in [6.45, 7) is 3.09. The summed E-state index contributed by atoms with van der Waals surface area (Å²) in [7, 11) is 2.03. The summed E-state index contributed by atoms with van der Waals surface area (Å²) in [6, 6.07) is 0. The highest BCUT2D eigenvalue weighted by Gasteiger charge is 2.22. The zero-order valence-electron chi connectivity index (χ0n) is 12.2. The van der Waals surface area contributed by atoms with Crippen LogP contribution in [0.15, 0.2) is 12.4 Å². The van der Waals surface area contributed by atoms with Crippen LogP contribution >= 0.6 is 0 Å². The van der Waals surface area contributed by atoms with E-state index in [-0.39, 0.29) is 0 Å². The third-order valence-corrected chi connectivity index (χ3v) is 4.04. The molecule has 1 aliphatic heterocycles. The van der Waals surface area contributed by atoms with Crippen LogP contribution in [0.25, 0.3) is 0 Å². The first-order chi connectivity index (χ1) is 9.78. The zero-order valence-corrected chi connectivity index (χ0v) is 12.2. The van der Waals surface area contributed by atoms with Crippen molar-refractivity contribution in [3.8, 4) is 0 Å². The van der Waals surface area contributed by atoms with Crippen molar-refractivity contribution in [2.24, 2.45) is 7.05 Å². The van der Waals surface area contributed by atoms with Gasteiger partial charge < -0.3 is 9.72 Å². The van der Waals surface area contributed by atoms with Crippen LogP contribution in [0.4, 0.5) is 0 Å². The molecule has 1 fully saturated rings. The Morgan fingerprint density at radius 2 is 2.40 bits per heavy atom.